The lowest BCUT2D eigenvalue weighted by Gasteiger charge is -2.27. The van der Waals surface area contributed by atoms with Crippen LogP contribution in [0, 0.1) is 25.7 Å². The van der Waals surface area contributed by atoms with Crippen molar-refractivity contribution < 1.29 is 23.9 Å². The number of anilines is 1. The van der Waals surface area contributed by atoms with Gasteiger partial charge in [-0.15, -0.1) is 0 Å². The summed E-state index contributed by atoms with van der Waals surface area (Å²) in [5.74, 6) is -4.61. The van der Waals surface area contributed by atoms with Gasteiger partial charge >= 0.3 is 0 Å². The van der Waals surface area contributed by atoms with Gasteiger partial charge in [-0.25, -0.2) is 4.90 Å². The van der Waals surface area contributed by atoms with Crippen molar-refractivity contribution in [3.05, 3.63) is 99.6 Å². The molecule has 0 radical (unpaired) electrons. The third kappa shape index (κ3) is 2.81. The number of halogens is 1. The predicted molar refractivity (Wildman–Crippen MR) is 129 cm³/mol. The third-order valence-electron chi connectivity index (χ3n) is 7.34. The number of ketones is 2. The first-order chi connectivity index (χ1) is 16.8. The molecule has 2 heterocycles. The highest BCUT2D eigenvalue weighted by Gasteiger charge is 2.74. The number of nitrogens with zero attached hydrogens (tertiary/aromatic N) is 1. The molecule has 1 spiro atoms. The maximum absolute atomic E-state index is 14.0. The maximum Gasteiger partial charge on any atom is 0.241 e. The summed E-state index contributed by atoms with van der Waals surface area (Å²) in [6.45, 7) is 3.70. The van der Waals surface area contributed by atoms with Gasteiger partial charge in [-0.3, -0.25) is 19.2 Å². The molecule has 0 saturated carbocycles. The van der Waals surface area contributed by atoms with Crippen LogP contribution in [0.5, 0.6) is 0 Å². The van der Waals surface area contributed by atoms with Crippen LogP contribution in [0.3, 0.4) is 0 Å². The molecular weight excluding hydrogens is 466 g/mol. The van der Waals surface area contributed by atoms with E-state index in [1.54, 1.807) is 61.5 Å². The zero-order valence-corrected chi connectivity index (χ0v) is 19.7. The second kappa shape index (κ2) is 7.44. The summed E-state index contributed by atoms with van der Waals surface area (Å²) in [6, 6.07) is 18.7. The molecule has 1 aliphatic carbocycles. The number of aryl methyl sites for hydroxylation is 2. The molecular formula is C28H20ClNO5. The summed E-state index contributed by atoms with van der Waals surface area (Å²) in [5, 5.41) is 0.365. The first-order valence-corrected chi connectivity index (χ1v) is 11.7. The van der Waals surface area contributed by atoms with Gasteiger partial charge in [-0.05, 0) is 37.1 Å². The van der Waals surface area contributed by atoms with Crippen molar-refractivity contribution in [1.29, 1.82) is 0 Å². The zero-order chi connectivity index (χ0) is 24.6. The molecule has 2 fully saturated rings. The van der Waals surface area contributed by atoms with E-state index in [2.05, 4.69) is 0 Å². The zero-order valence-electron chi connectivity index (χ0n) is 18.9. The molecule has 0 unspecified atom stereocenters. The molecule has 0 bridgehead atoms. The first kappa shape index (κ1) is 21.9. The Morgan fingerprint density at radius 2 is 1.46 bits per heavy atom. The van der Waals surface area contributed by atoms with Crippen molar-refractivity contribution in [2.24, 2.45) is 11.8 Å². The quantitative estimate of drug-likeness (QED) is 0.390. The number of benzene rings is 3. The highest BCUT2D eigenvalue weighted by Crippen LogP contribution is 2.57. The summed E-state index contributed by atoms with van der Waals surface area (Å²) in [4.78, 5) is 56.5. The van der Waals surface area contributed by atoms with Crippen LogP contribution in [0.2, 0.25) is 5.02 Å². The number of hydrogen-bond acceptors (Lipinski definition) is 5. The van der Waals surface area contributed by atoms with E-state index in [1.807, 2.05) is 19.1 Å². The van der Waals surface area contributed by atoms with E-state index < -0.39 is 46.9 Å². The summed E-state index contributed by atoms with van der Waals surface area (Å²) in [7, 11) is 0. The lowest BCUT2D eigenvalue weighted by molar-refractivity contribution is -0.127. The Kier molecular flexibility index (Phi) is 4.66. The molecule has 174 valence electrons. The molecule has 2 aliphatic heterocycles. The highest BCUT2D eigenvalue weighted by molar-refractivity contribution is 6.37. The van der Waals surface area contributed by atoms with E-state index in [1.165, 1.54) is 0 Å². The van der Waals surface area contributed by atoms with Crippen LogP contribution in [0.15, 0.2) is 66.7 Å². The molecule has 7 heteroatoms. The van der Waals surface area contributed by atoms with E-state index in [9.17, 15) is 19.2 Å². The standard InChI is InChI=1S/C28H20ClNO5/c1-14-7-10-16(11-8-14)23-21-22(27(34)30(26(21)33)20-13-17(29)12-9-15(20)2)28(35-23)24(31)18-5-3-4-6-19(18)25(28)32/h3-13,21-23H,1-2H3/t21-,22+,23-/m0/s1. The van der Waals surface area contributed by atoms with Crippen LogP contribution in [0.1, 0.15) is 43.5 Å². The average molecular weight is 486 g/mol. The van der Waals surface area contributed by atoms with Gasteiger partial charge in [-0.1, -0.05) is 71.8 Å². The monoisotopic (exact) mass is 485 g/mol. The molecule has 3 aromatic rings. The fourth-order valence-electron chi connectivity index (χ4n) is 5.64. The minimum Gasteiger partial charge on any atom is -0.349 e. The van der Waals surface area contributed by atoms with E-state index in [0.29, 0.717) is 21.8 Å². The molecule has 0 aromatic heterocycles. The Bertz CT molecular complexity index is 1430. The number of Topliss-reactive ketones (excluding diaryl/α,β-unsaturated/α-hetero) is 2. The van der Waals surface area contributed by atoms with E-state index in [4.69, 9.17) is 16.3 Å². The van der Waals surface area contributed by atoms with Crippen molar-refractivity contribution in [2.75, 3.05) is 4.90 Å². The van der Waals surface area contributed by atoms with Crippen molar-refractivity contribution in [2.45, 2.75) is 25.6 Å². The number of fused-ring (bicyclic) bond motifs is 3. The number of amides is 2. The first-order valence-electron chi connectivity index (χ1n) is 11.3. The summed E-state index contributed by atoms with van der Waals surface area (Å²) in [5.41, 5.74) is 0.975. The molecule has 35 heavy (non-hydrogen) atoms. The Morgan fingerprint density at radius 3 is 2.09 bits per heavy atom. The predicted octanol–water partition coefficient (Wildman–Crippen LogP) is 4.65. The highest BCUT2D eigenvalue weighted by atomic mass is 35.5. The van der Waals surface area contributed by atoms with Gasteiger partial charge in [0.15, 0.2) is 0 Å². The fourth-order valence-corrected chi connectivity index (χ4v) is 5.80. The number of ether oxygens (including phenoxy) is 1. The second-order valence-corrected chi connectivity index (χ2v) is 9.77. The number of imide groups is 1. The van der Waals surface area contributed by atoms with Crippen molar-refractivity contribution in [1.82, 2.24) is 0 Å². The van der Waals surface area contributed by atoms with Crippen LogP contribution in [-0.4, -0.2) is 29.0 Å². The SMILES string of the molecule is Cc1ccc([C@@H]2OC3(C(=O)c4ccccc4C3=O)[C@H]3C(=O)N(c4cc(Cl)ccc4C)C(=O)[C@H]23)cc1. The van der Waals surface area contributed by atoms with Gasteiger partial charge < -0.3 is 4.74 Å². The van der Waals surface area contributed by atoms with Gasteiger partial charge in [0.1, 0.15) is 0 Å². The summed E-state index contributed by atoms with van der Waals surface area (Å²) < 4.78 is 6.30. The van der Waals surface area contributed by atoms with E-state index >= 15 is 0 Å². The number of hydrogen-bond donors (Lipinski definition) is 0. The topological polar surface area (TPSA) is 80.8 Å². The Labute approximate surface area is 206 Å². The number of carbonyl (C=O) groups excluding carboxylic acids is 4. The molecule has 3 atom stereocenters. The summed E-state index contributed by atoms with van der Waals surface area (Å²) in [6.07, 6.45) is -0.941. The van der Waals surface area contributed by atoms with Gasteiger partial charge in [0, 0.05) is 16.1 Å². The third-order valence-corrected chi connectivity index (χ3v) is 7.57. The summed E-state index contributed by atoms with van der Waals surface area (Å²) >= 11 is 6.20. The normalized spacial score (nSPS) is 24.4. The Morgan fingerprint density at radius 1 is 0.829 bits per heavy atom. The van der Waals surface area contributed by atoms with Crippen LogP contribution < -0.4 is 4.90 Å². The van der Waals surface area contributed by atoms with Gasteiger partial charge in [0.2, 0.25) is 29.0 Å². The maximum atomic E-state index is 14.0. The molecule has 2 saturated heterocycles. The molecule has 6 rings (SSSR count). The van der Waals surface area contributed by atoms with Crippen LogP contribution in [0.25, 0.3) is 0 Å². The average Bonchev–Trinajstić information content (AvgIpc) is 3.41. The van der Waals surface area contributed by atoms with Gasteiger partial charge in [-0.2, -0.15) is 0 Å². The molecule has 0 N–H and O–H groups in total. The lowest BCUT2D eigenvalue weighted by atomic mass is 9.77. The van der Waals surface area contributed by atoms with E-state index in [0.717, 1.165) is 10.5 Å². The van der Waals surface area contributed by atoms with Crippen LogP contribution >= 0.6 is 11.6 Å². The Hall–Kier alpha value is -3.61. The van der Waals surface area contributed by atoms with Crippen molar-refractivity contribution in [3.8, 4) is 0 Å². The Balaban J connectivity index is 1.56. The van der Waals surface area contributed by atoms with Gasteiger partial charge in [0.05, 0.1) is 23.6 Å². The minimum atomic E-state index is -2.09. The second-order valence-electron chi connectivity index (χ2n) is 9.33. The molecule has 6 nitrogen and oxygen atoms in total. The van der Waals surface area contributed by atoms with Crippen LogP contribution in [0.4, 0.5) is 5.69 Å². The fraction of sp³-hybridized carbons (Fsp3) is 0.214. The number of rotatable bonds is 2. The minimum absolute atomic E-state index is 0.207. The smallest absolute Gasteiger partial charge is 0.241 e. The molecule has 3 aliphatic rings. The molecule has 3 aromatic carbocycles. The molecule has 2 amide bonds. The van der Waals surface area contributed by atoms with Gasteiger partial charge in [0.25, 0.3) is 0 Å². The largest absolute Gasteiger partial charge is 0.349 e. The van der Waals surface area contributed by atoms with Crippen molar-refractivity contribution in [3.63, 3.8) is 0 Å². The van der Waals surface area contributed by atoms with Crippen LogP contribution in [-0.2, 0) is 14.3 Å². The number of carbonyl (C=O) groups is 4. The van der Waals surface area contributed by atoms with E-state index in [-0.39, 0.29) is 11.1 Å². The lowest BCUT2D eigenvalue weighted by Crippen LogP contribution is -2.51. The van der Waals surface area contributed by atoms with Crippen molar-refractivity contribution >= 4 is 40.7 Å².